The zero-order chi connectivity index (χ0) is 11.4. The maximum atomic E-state index is 9.25. The molecule has 0 spiro atoms. The Morgan fingerprint density at radius 2 is 1.69 bits per heavy atom. The summed E-state index contributed by atoms with van der Waals surface area (Å²) in [4.78, 5) is 2.42. The molecule has 0 aromatic carbocycles. The second kappa shape index (κ2) is 5.16. The van der Waals surface area contributed by atoms with Gasteiger partial charge >= 0.3 is 0 Å². The number of hydrogen-bond acceptors (Lipinski definition) is 3. The van der Waals surface area contributed by atoms with Crippen molar-refractivity contribution in [3.05, 3.63) is 0 Å². The molecule has 0 bridgehead atoms. The Hall–Kier alpha value is -0.590. The summed E-state index contributed by atoms with van der Waals surface area (Å²) < 4.78 is 0. The van der Waals surface area contributed by atoms with Crippen LogP contribution >= 0.6 is 0 Å². The molecular weight excluding hydrogens is 198 g/mol. The minimum atomic E-state index is -0.570. The van der Waals surface area contributed by atoms with Crippen LogP contribution in [0.3, 0.4) is 0 Å². The van der Waals surface area contributed by atoms with Crippen LogP contribution in [0.25, 0.3) is 0 Å². The zero-order valence-corrected chi connectivity index (χ0v) is 10.1. The smallest absolute Gasteiger partial charge is 0.119 e. The van der Waals surface area contributed by atoms with Crippen molar-refractivity contribution in [2.24, 2.45) is 11.7 Å². The lowest BCUT2D eigenvalue weighted by atomic mass is 9.95. The third-order valence-electron chi connectivity index (χ3n) is 3.95. The lowest BCUT2D eigenvalue weighted by molar-refractivity contribution is 0.204. The predicted molar refractivity (Wildman–Crippen MR) is 64.8 cm³/mol. The van der Waals surface area contributed by atoms with E-state index in [-0.39, 0.29) is 0 Å². The Labute approximate surface area is 98.6 Å². The summed E-state index contributed by atoms with van der Waals surface area (Å²) in [7, 11) is 0. The first-order valence-corrected chi connectivity index (χ1v) is 6.67. The van der Waals surface area contributed by atoms with Crippen LogP contribution in [0.15, 0.2) is 0 Å². The molecule has 1 saturated heterocycles. The lowest BCUT2D eigenvalue weighted by Crippen LogP contribution is -2.51. The third-order valence-corrected chi connectivity index (χ3v) is 3.95. The van der Waals surface area contributed by atoms with Gasteiger partial charge in [0.15, 0.2) is 0 Å². The van der Waals surface area contributed by atoms with Gasteiger partial charge in [-0.25, -0.2) is 0 Å². The topological polar surface area (TPSA) is 53.1 Å². The number of nitrogens with zero attached hydrogens (tertiary/aromatic N) is 2. The summed E-state index contributed by atoms with van der Waals surface area (Å²) in [5.41, 5.74) is 5.65. The number of nitriles is 1. The highest BCUT2D eigenvalue weighted by atomic mass is 15.1. The number of nitrogens with two attached hydrogens (primary N) is 1. The van der Waals surface area contributed by atoms with Gasteiger partial charge in [0.1, 0.15) is 5.54 Å². The molecule has 16 heavy (non-hydrogen) atoms. The average molecular weight is 221 g/mol. The van der Waals surface area contributed by atoms with Crippen LogP contribution in [0.2, 0.25) is 0 Å². The summed E-state index contributed by atoms with van der Waals surface area (Å²) in [6.07, 6.45) is 8.89. The molecule has 2 fully saturated rings. The van der Waals surface area contributed by atoms with Crippen molar-refractivity contribution in [3.63, 3.8) is 0 Å². The molecule has 1 atom stereocenters. The highest BCUT2D eigenvalue weighted by Crippen LogP contribution is 2.38. The summed E-state index contributed by atoms with van der Waals surface area (Å²) >= 11 is 0. The highest BCUT2D eigenvalue weighted by Gasteiger charge is 2.43. The van der Waals surface area contributed by atoms with Crippen LogP contribution in [-0.4, -0.2) is 30.1 Å². The summed E-state index contributed by atoms with van der Waals surface area (Å²) in [6, 6.07) is 2.36. The van der Waals surface area contributed by atoms with Crippen molar-refractivity contribution < 1.29 is 0 Å². The number of hydrogen-bond donors (Lipinski definition) is 1. The van der Waals surface area contributed by atoms with Crippen LogP contribution in [0.4, 0.5) is 0 Å². The molecular formula is C13H23N3. The largest absolute Gasteiger partial charge is 0.312 e. The fourth-order valence-corrected chi connectivity index (χ4v) is 2.70. The van der Waals surface area contributed by atoms with Crippen molar-refractivity contribution in [1.82, 2.24) is 4.90 Å². The molecule has 0 aromatic heterocycles. The van der Waals surface area contributed by atoms with E-state index < -0.39 is 5.54 Å². The second-order valence-corrected chi connectivity index (χ2v) is 5.47. The van der Waals surface area contributed by atoms with E-state index in [1.807, 2.05) is 0 Å². The maximum absolute atomic E-state index is 9.25. The Kier molecular flexibility index (Phi) is 3.83. The van der Waals surface area contributed by atoms with E-state index in [0.29, 0.717) is 5.92 Å². The minimum Gasteiger partial charge on any atom is -0.312 e. The molecule has 1 aliphatic carbocycles. The second-order valence-electron chi connectivity index (χ2n) is 5.47. The standard InChI is InChI=1S/C13H23N3/c14-10-13(15,12-6-7-12)11-16-8-4-2-1-3-5-9-16/h12H,1-9,11,15H2. The van der Waals surface area contributed by atoms with Gasteiger partial charge in [0.2, 0.25) is 0 Å². The Balaban J connectivity index is 1.88. The average Bonchev–Trinajstić information content (AvgIpc) is 3.05. The number of rotatable bonds is 3. The van der Waals surface area contributed by atoms with Gasteiger partial charge in [0.25, 0.3) is 0 Å². The van der Waals surface area contributed by atoms with E-state index in [9.17, 15) is 5.26 Å². The van der Waals surface area contributed by atoms with Gasteiger partial charge < -0.3 is 10.6 Å². The van der Waals surface area contributed by atoms with Crippen molar-refractivity contribution in [3.8, 4) is 6.07 Å². The first kappa shape index (κ1) is 11.9. The fourth-order valence-electron chi connectivity index (χ4n) is 2.70. The predicted octanol–water partition coefficient (Wildman–Crippen LogP) is 1.88. The molecule has 2 rings (SSSR count). The molecule has 2 N–H and O–H groups in total. The van der Waals surface area contributed by atoms with Crippen molar-refractivity contribution in [2.75, 3.05) is 19.6 Å². The SMILES string of the molecule is N#CC(N)(CN1CCCCCCC1)C1CC1. The highest BCUT2D eigenvalue weighted by molar-refractivity contribution is 5.14. The van der Waals surface area contributed by atoms with Gasteiger partial charge in [-0.2, -0.15) is 5.26 Å². The van der Waals surface area contributed by atoms with Gasteiger partial charge in [0, 0.05) is 6.54 Å². The molecule has 1 heterocycles. The monoisotopic (exact) mass is 221 g/mol. The first-order chi connectivity index (χ1) is 7.74. The van der Waals surface area contributed by atoms with Crippen LogP contribution < -0.4 is 5.73 Å². The van der Waals surface area contributed by atoms with Gasteiger partial charge in [0.05, 0.1) is 6.07 Å². The van der Waals surface area contributed by atoms with Crippen molar-refractivity contribution in [2.45, 2.75) is 50.5 Å². The molecule has 3 nitrogen and oxygen atoms in total. The van der Waals surface area contributed by atoms with Gasteiger partial charge in [-0.05, 0) is 44.7 Å². The van der Waals surface area contributed by atoms with Crippen molar-refractivity contribution >= 4 is 0 Å². The van der Waals surface area contributed by atoms with E-state index in [2.05, 4.69) is 11.0 Å². The molecule has 1 unspecified atom stereocenters. The lowest BCUT2D eigenvalue weighted by Gasteiger charge is -2.31. The van der Waals surface area contributed by atoms with Gasteiger partial charge in [-0.3, -0.25) is 0 Å². The van der Waals surface area contributed by atoms with E-state index in [1.54, 1.807) is 0 Å². The van der Waals surface area contributed by atoms with Crippen LogP contribution in [0, 0.1) is 17.2 Å². The Morgan fingerprint density at radius 1 is 1.12 bits per heavy atom. The third kappa shape index (κ3) is 2.96. The molecule has 0 aromatic rings. The number of likely N-dealkylation sites (tertiary alicyclic amines) is 1. The van der Waals surface area contributed by atoms with Crippen LogP contribution in [0.1, 0.15) is 44.9 Å². The van der Waals surface area contributed by atoms with Crippen LogP contribution in [0.5, 0.6) is 0 Å². The van der Waals surface area contributed by atoms with E-state index in [0.717, 1.165) is 32.5 Å². The van der Waals surface area contributed by atoms with Crippen molar-refractivity contribution in [1.29, 1.82) is 5.26 Å². The molecule has 1 aliphatic heterocycles. The zero-order valence-electron chi connectivity index (χ0n) is 10.1. The first-order valence-electron chi connectivity index (χ1n) is 6.67. The van der Waals surface area contributed by atoms with E-state index >= 15 is 0 Å². The Morgan fingerprint density at radius 3 is 2.19 bits per heavy atom. The maximum Gasteiger partial charge on any atom is 0.119 e. The molecule has 2 aliphatic rings. The van der Waals surface area contributed by atoms with Gasteiger partial charge in [-0.1, -0.05) is 19.3 Å². The Bertz CT molecular complexity index is 259. The fraction of sp³-hybridized carbons (Fsp3) is 0.923. The summed E-state index contributed by atoms with van der Waals surface area (Å²) in [5, 5.41) is 9.25. The van der Waals surface area contributed by atoms with E-state index in [1.165, 1.54) is 32.1 Å². The van der Waals surface area contributed by atoms with E-state index in [4.69, 9.17) is 5.73 Å². The molecule has 0 radical (unpaired) electrons. The molecule has 1 saturated carbocycles. The minimum absolute atomic E-state index is 0.461. The summed E-state index contributed by atoms with van der Waals surface area (Å²) in [5.74, 6) is 0.461. The summed E-state index contributed by atoms with van der Waals surface area (Å²) in [6.45, 7) is 3.05. The molecule has 0 amide bonds. The van der Waals surface area contributed by atoms with Crippen LogP contribution in [-0.2, 0) is 0 Å². The van der Waals surface area contributed by atoms with Gasteiger partial charge in [-0.15, -0.1) is 0 Å². The molecule has 3 heteroatoms. The molecule has 90 valence electrons. The normalized spacial score (nSPS) is 27.5. The quantitative estimate of drug-likeness (QED) is 0.791.